The molecule has 0 spiro atoms. The molecule has 4 aromatic rings. The summed E-state index contributed by atoms with van der Waals surface area (Å²) in [6.45, 7) is 8.19. The molecule has 8 nitrogen and oxygen atoms in total. The fourth-order valence-corrected chi connectivity index (χ4v) is 3.09. The molecule has 0 aliphatic carbocycles. The SMILES string of the molecule is CCC(Oc1nn2c(-c3ccccc3F)nnc2cc1C(C)(C)C)c1ncn[nH]1. The van der Waals surface area contributed by atoms with Crippen molar-refractivity contribution in [3.8, 4) is 17.3 Å². The summed E-state index contributed by atoms with van der Waals surface area (Å²) in [7, 11) is 0. The lowest BCUT2D eigenvalue weighted by Crippen LogP contribution is -2.18. The maximum Gasteiger partial charge on any atom is 0.236 e. The maximum atomic E-state index is 14.3. The van der Waals surface area contributed by atoms with Crippen molar-refractivity contribution in [3.05, 3.63) is 53.9 Å². The summed E-state index contributed by atoms with van der Waals surface area (Å²) in [4.78, 5) is 4.20. The summed E-state index contributed by atoms with van der Waals surface area (Å²) in [5.41, 5.74) is 1.46. The van der Waals surface area contributed by atoms with Crippen LogP contribution in [0.3, 0.4) is 0 Å². The molecule has 9 heteroatoms. The van der Waals surface area contributed by atoms with Gasteiger partial charge in [-0.1, -0.05) is 39.8 Å². The van der Waals surface area contributed by atoms with Crippen LogP contribution in [0, 0.1) is 5.82 Å². The number of rotatable bonds is 5. The first-order valence-corrected chi connectivity index (χ1v) is 9.42. The van der Waals surface area contributed by atoms with Crippen molar-refractivity contribution < 1.29 is 9.13 Å². The van der Waals surface area contributed by atoms with E-state index in [1.807, 2.05) is 13.0 Å². The number of nitrogens with one attached hydrogen (secondary N) is 1. The molecule has 0 amide bonds. The number of aromatic amines is 1. The van der Waals surface area contributed by atoms with E-state index < -0.39 is 0 Å². The van der Waals surface area contributed by atoms with E-state index in [2.05, 4.69) is 51.2 Å². The third-order valence-electron chi connectivity index (χ3n) is 4.65. The zero-order valence-electron chi connectivity index (χ0n) is 16.7. The highest BCUT2D eigenvalue weighted by atomic mass is 19.1. The zero-order chi connectivity index (χ0) is 20.6. The summed E-state index contributed by atoms with van der Waals surface area (Å²) < 4.78 is 22.1. The number of ether oxygens (including phenoxy) is 1. The van der Waals surface area contributed by atoms with Crippen LogP contribution in [0.25, 0.3) is 17.0 Å². The van der Waals surface area contributed by atoms with E-state index in [0.717, 1.165) is 5.56 Å². The molecule has 3 aromatic heterocycles. The Hall–Kier alpha value is -3.36. The predicted molar refractivity (Wildman–Crippen MR) is 105 cm³/mol. The minimum Gasteiger partial charge on any atom is -0.465 e. The van der Waals surface area contributed by atoms with Gasteiger partial charge >= 0.3 is 0 Å². The van der Waals surface area contributed by atoms with Crippen LogP contribution in [-0.2, 0) is 5.41 Å². The number of hydrogen-bond donors (Lipinski definition) is 1. The molecule has 1 N–H and O–H groups in total. The summed E-state index contributed by atoms with van der Waals surface area (Å²) in [6.07, 6.45) is 1.76. The average molecular weight is 395 g/mol. The molecule has 0 saturated carbocycles. The molecule has 3 heterocycles. The van der Waals surface area contributed by atoms with Crippen molar-refractivity contribution in [3.63, 3.8) is 0 Å². The lowest BCUT2D eigenvalue weighted by atomic mass is 9.88. The lowest BCUT2D eigenvalue weighted by molar-refractivity contribution is 0.176. The highest BCUT2D eigenvalue weighted by Gasteiger charge is 2.26. The molecule has 0 aliphatic rings. The smallest absolute Gasteiger partial charge is 0.236 e. The molecule has 1 atom stereocenters. The molecule has 4 rings (SSSR count). The number of nitrogens with zero attached hydrogens (tertiary/aromatic N) is 6. The second kappa shape index (κ2) is 7.23. The van der Waals surface area contributed by atoms with E-state index in [1.54, 1.807) is 18.2 Å². The second-order valence-corrected chi connectivity index (χ2v) is 7.77. The number of benzene rings is 1. The number of aromatic nitrogens is 7. The summed E-state index contributed by atoms with van der Waals surface area (Å²) >= 11 is 0. The number of fused-ring (bicyclic) bond motifs is 1. The van der Waals surface area contributed by atoms with E-state index in [1.165, 1.54) is 16.9 Å². The van der Waals surface area contributed by atoms with Crippen LogP contribution in [0.1, 0.15) is 51.6 Å². The van der Waals surface area contributed by atoms with Gasteiger partial charge in [-0.3, -0.25) is 5.10 Å². The van der Waals surface area contributed by atoms with Gasteiger partial charge < -0.3 is 4.74 Å². The lowest BCUT2D eigenvalue weighted by Gasteiger charge is -2.24. The van der Waals surface area contributed by atoms with E-state index >= 15 is 0 Å². The number of H-pyrrole nitrogens is 1. The van der Waals surface area contributed by atoms with Crippen LogP contribution < -0.4 is 4.74 Å². The molecule has 1 aromatic carbocycles. The Labute approximate surface area is 167 Å². The largest absolute Gasteiger partial charge is 0.465 e. The fraction of sp³-hybridized carbons (Fsp3) is 0.350. The first-order chi connectivity index (χ1) is 13.9. The number of hydrogen-bond acceptors (Lipinski definition) is 6. The molecule has 0 saturated heterocycles. The Balaban J connectivity index is 1.87. The monoisotopic (exact) mass is 395 g/mol. The fourth-order valence-electron chi connectivity index (χ4n) is 3.09. The molecule has 0 radical (unpaired) electrons. The minimum absolute atomic E-state index is 0.256. The van der Waals surface area contributed by atoms with Gasteiger partial charge in [0.1, 0.15) is 12.1 Å². The molecule has 0 aliphatic heterocycles. The highest BCUT2D eigenvalue weighted by Crippen LogP contribution is 2.34. The Kier molecular flexibility index (Phi) is 4.73. The van der Waals surface area contributed by atoms with Crippen LogP contribution in [0.2, 0.25) is 0 Å². The first kappa shape index (κ1) is 19.0. The molecular formula is C20H22FN7O. The van der Waals surface area contributed by atoms with Gasteiger partial charge in [-0.15, -0.1) is 15.3 Å². The molecule has 0 fully saturated rings. The van der Waals surface area contributed by atoms with Crippen molar-refractivity contribution >= 4 is 5.65 Å². The zero-order valence-corrected chi connectivity index (χ0v) is 16.7. The van der Waals surface area contributed by atoms with Gasteiger partial charge in [-0.25, -0.2) is 9.37 Å². The quantitative estimate of drug-likeness (QED) is 0.551. The summed E-state index contributed by atoms with van der Waals surface area (Å²) in [6, 6.07) is 8.29. The Morgan fingerprint density at radius 1 is 1.21 bits per heavy atom. The van der Waals surface area contributed by atoms with Crippen molar-refractivity contribution in [2.24, 2.45) is 0 Å². The molecule has 1 unspecified atom stereocenters. The standard InChI is InChI=1S/C20H22FN7O/c1-5-15(17-22-11-23-25-17)29-19-13(20(2,3)4)10-16-24-26-18(28(16)27-19)12-8-6-7-9-14(12)21/h6-11,15H,5H2,1-4H3,(H,22,23,25). The topological polar surface area (TPSA) is 93.9 Å². The Morgan fingerprint density at radius 3 is 2.66 bits per heavy atom. The van der Waals surface area contributed by atoms with Gasteiger partial charge in [0.2, 0.25) is 5.88 Å². The van der Waals surface area contributed by atoms with Crippen LogP contribution in [-0.4, -0.2) is 35.0 Å². The van der Waals surface area contributed by atoms with Crippen LogP contribution in [0.5, 0.6) is 5.88 Å². The van der Waals surface area contributed by atoms with E-state index in [4.69, 9.17) is 4.74 Å². The normalized spacial score (nSPS) is 13.0. The van der Waals surface area contributed by atoms with Crippen molar-refractivity contribution in [2.75, 3.05) is 0 Å². The Bertz CT molecular complexity index is 1130. The molecule has 150 valence electrons. The van der Waals surface area contributed by atoms with Crippen LogP contribution in [0.4, 0.5) is 4.39 Å². The van der Waals surface area contributed by atoms with Crippen molar-refractivity contribution in [1.82, 2.24) is 35.0 Å². The van der Waals surface area contributed by atoms with Crippen LogP contribution >= 0.6 is 0 Å². The van der Waals surface area contributed by atoms with Gasteiger partial charge in [0.15, 0.2) is 23.4 Å². The Morgan fingerprint density at radius 2 is 2.00 bits per heavy atom. The third kappa shape index (κ3) is 3.55. The summed E-state index contributed by atoms with van der Waals surface area (Å²) in [5.74, 6) is 0.966. The van der Waals surface area contributed by atoms with Gasteiger partial charge in [-0.05, 0) is 30.0 Å². The van der Waals surface area contributed by atoms with E-state index in [-0.39, 0.29) is 17.3 Å². The highest BCUT2D eigenvalue weighted by molar-refractivity contribution is 5.60. The third-order valence-corrected chi connectivity index (χ3v) is 4.65. The van der Waals surface area contributed by atoms with Gasteiger partial charge in [0, 0.05) is 5.56 Å². The van der Waals surface area contributed by atoms with Gasteiger partial charge in [0.25, 0.3) is 0 Å². The molecular weight excluding hydrogens is 373 g/mol. The van der Waals surface area contributed by atoms with Gasteiger partial charge in [0.05, 0.1) is 5.56 Å². The van der Waals surface area contributed by atoms with Crippen LogP contribution in [0.15, 0.2) is 36.7 Å². The molecule has 0 bridgehead atoms. The first-order valence-electron chi connectivity index (χ1n) is 9.42. The second-order valence-electron chi connectivity index (χ2n) is 7.77. The van der Waals surface area contributed by atoms with E-state index in [0.29, 0.717) is 35.2 Å². The maximum absolute atomic E-state index is 14.3. The predicted octanol–water partition coefficient (Wildman–Crippen LogP) is 3.88. The van der Waals surface area contributed by atoms with E-state index in [9.17, 15) is 4.39 Å². The van der Waals surface area contributed by atoms with Crippen molar-refractivity contribution in [1.29, 1.82) is 0 Å². The molecule has 29 heavy (non-hydrogen) atoms. The summed E-state index contributed by atoms with van der Waals surface area (Å²) in [5, 5.41) is 19.8. The van der Waals surface area contributed by atoms with Crippen molar-refractivity contribution in [2.45, 2.75) is 45.6 Å². The number of halogens is 1. The minimum atomic E-state index is -0.390. The average Bonchev–Trinajstić information content (AvgIpc) is 3.35. The van der Waals surface area contributed by atoms with Gasteiger partial charge in [-0.2, -0.15) is 9.61 Å².